The molecular formula is C16H17N5O2S. The van der Waals surface area contributed by atoms with Crippen LogP contribution in [-0.2, 0) is 0 Å². The molecule has 2 heterocycles. The van der Waals surface area contributed by atoms with E-state index in [0.717, 1.165) is 17.8 Å². The molecule has 0 bridgehead atoms. The Balaban J connectivity index is 1.89. The molecule has 3 aromatic rings. The number of fused-ring (bicyclic) bond motifs is 1. The minimum absolute atomic E-state index is 0.157. The standard InChI is InChI=1S/C16H17N5O2S/c1-3-9(4-2)15-20-21-16(24-15)17-14(23)12-10-7-5-6-8-11(10)13(22)19-18-12/h5-9H,3-4H2,1-2H3,(H,19,22)(H,17,21,23). The largest absolute Gasteiger partial charge is 0.295 e. The summed E-state index contributed by atoms with van der Waals surface area (Å²) in [7, 11) is 0. The first kappa shape index (κ1) is 16.3. The SMILES string of the molecule is CCC(CC)c1nnc(NC(=O)c2n[nH]c(=O)c3ccccc23)s1. The van der Waals surface area contributed by atoms with Gasteiger partial charge in [-0.3, -0.25) is 14.9 Å². The van der Waals surface area contributed by atoms with Crippen LogP contribution < -0.4 is 10.9 Å². The Morgan fingerprint density at radius 3 is 2.62 bits per heavy atom. The number of anilines is 1. The molecule has 8 heteroatoms. The molecule has 0 spiro atoms. The second-order valence-corrected chi connectivity index (χ2v) is 6.37. The first-order valence-electron chi connectivity index (χ1n) is 7.76. The molecule has 1 amide bonds. The average Bonchev–Trinajstić information content (AvgIpc) is 3.05. The zero-order valence-electron chi connectivity index (χ0n) is 13.4. The molecule has 0 saturated carbocycles. The van der Waals surface area contributed by atoms with E-state index >= 15 is 0 Å². The highest BCUT2D eigenvalue weighted by Gasteiger charge is 2.18. The number of nitrogens with one attached hydrogen (secondary N) is 2. The maximum atomic E-state index is 12.5. The van der Waals surface area contributed by atoms with Gasteiger partial charge < -0.3 is 0 Å². The van der Waals surface area contributed by atoms with E-state index in [-0.39, 0.29) is 11.3 Å². The number of hydrogen-bond donors (Lipinski definition) is 2. The van der Waals surface area contributed by atoms with Crippen LogP contribution >= 0.6 is 11.3 Å². The Kier molecular flexibility index (Phi) is 4.66. The van der Waals surface area contributed by atoms with Gasteiger partial charge in [0.05, 0.1) is 5.39 Å². The molecule has 2 aromatic heterocycles. The topological polar surface area (TPSA) is 101 Å². The maximum Gasteiger partial charge on any atom is 0.278 e. The Bertz CT molecular complexity index is 929. The first-order valence-corrected chi connectivity index (χ1v) is 8.57. The fraction of sp³-hybridized carbons (Fsp3) is 0.312. The zero-order valence-corrected chi connectivity index (χ0v) is 14.2. The van der Waals surface area contributed by atoms with Gasteiger partial charge in [-0.25, -0.2) is 5.10 Å². The van der Waals surface area contributed by atoms with Crippen LogP contribution in [0.5, 0.6) is 0 Å². The predicted molar refractivity (Wildman–Crippen MR) is 93.5 cm³/mol. The lowest BCUT2D eigenvalue weighted by Gasteiger charge is -2.06. The molecule has 124 valence electrons. The smallest absolute Gasteiger partial charge is 0.278 e. The molecular weight excluding hydrogens is 326 g/mol. The summed E-state index contributed by atoms with van der Waals surface area (Å²) in [5.74, 6) is -0.0742. The third-order valence-electron chi connectivity index (χ3n) is 3.91. The normalized spacial score (nSPS) is 11.1. The van der Waals surface area contributed by atoms with E-state index in [1.54, 1.807) is 24.3 Å². The Morgan fingerprint density at radius 1 is 1.21 bits per heavy atom. The van der Waals surface area contributed by atoms with Crippen molar-refractivity contribution < 1.29 is 4.79 Å². The predicted octanol–water partition coefficient (Wildman–Crippen LogP) is 2.93. The van der Waals surface area contributed by atoms with Crippen LogP contribution in [-0.4, -0.2) is 26.3 Å². The molecule has 3 rings (SSSR count). The van der Waals surface area contributed by atoms with E-state index in [4.69, 9.17) is 0 Å². The molecule has 24 heavy (non-hydrogen) atoms. The van der Waals surface area contributed by atoms with E-state index in [0.29, 0.717) is 21.8 Å². The van der Waals surface area contributed by atoms with Gasteiger partial charge in [0, 0.05) is 11.3 Å². The molecule has 0 unspecified atom stereocenters. The van der Waals surface area contributed by atoms with Crippen molar-refractivity contribution >= 4 is 33.1 Å². The number of carbonyl (C=O) groups is 1. The average molecular weight is 343 g/mol. The number of aromatic nitrogens is 4. The number of H-pyrrole nitrogens is 1. The number of carbonyl (C=O) groups excluding carboxylic acids is 1. The lowest BCUT2D eigenvalue weighted by molar-refractivity contribution is 0.102. The van der Waals surface area contributed by atoms with Crippen LogP contribution in [0, 0.1) is 0 Å². The molecule has 0 saturated heterocycles. The molecule has 0 fully saturated rings. The third kappa shape index (κ3) is 3.05. The van der Waals surface area contributed by atoms with Crippen molar-refractivity contribution in [1.29, 1.82) is 0 Å². The van der Waals surface area contributed by atoms with Gasteiger partial charge in [-0.2, -0.15) is 5.10 Å². The van der Waals surface area contributed by atoms with E-state index in [2.05, 4.69) is 39.6 Å². The number of nitrogens with zero attached hydrogens (tertiary/aromatic N) is 3. The summed E-state index contributed by atoms with van der Waals surface area (Å²) < 4.78 is 0. The Morgan fingerprint density at radius 2 is 1.92 bits per heavy atom. The van der Waals surface area contributed by atoms with Gasteiger partial charge in [-0.05, 0) is 18.9 Å². The number of rotatable bonds is 5. The maximum absolute atomic E-state index is 12.5. The Labute approximate surface area is 142 Å². The second-order valence-electron chi connectivity index (χ2n) is 5.36. The highest BCUT2D eigenvalue weighted by atomic mass is 32.1. The summed E-state index contributed by atoms with van der Waals surface area (Å²) in [6.45, 7) is 4.20. The monoisotopic (exact) mass is 343 g/mol. The number of aromatic amines is 1. The van der Waals surface area contributed by atoms with Crippen LogP contribution in [0.3, 0.4) is 0 Å². The van der Waals surface area contributed by atoms with Gasteiger partial charge in [0.1, 0.15) is 5.01 Å². The van der Waals surface area contributed by atoms with Gasteiger partial charge in [-0.1, -0.05) is 43.4 Å². The minimum atomic E-state index is -0.422. The van der Waals surface area contributed by atoms with Crippen LogP contribution in [0.1, 0.15) is 48.1 Å². The number of amides is 1. The summed E-state index contributed by atoms with van der Waals surface area (Å²) in [5.41, 5.74) is -0.168. The van der Waals surface area contributed by atoms with Crippen molar-refractivity contribution in [2.24, 2.45) is 0 Å². The summed E-state index contributed by atoms with van der Waals surface area (Å²) in [4.78, 5) is 24.3. The summed E-state index contributed by atoms with van der Waals surface area (Å²) in [5, 5.41) is 19.4. The molecule has 0 aliphatic heterocycles. The van der Waals surface area contributed by atoms with E-state index in [1.165, 1.54) is 11.3 Å². The van der Waals surface area contributed by atoms with E-state index < -0.39 is 5.91 Å². The quantitative estimate of drug-likeness (QED) is 0.742. The molecule has 7 nitrogen and oxygen atoms in total. The highest BCUT2D eigenvalue weighted by Crippen LogP contribution is 2.28. The number of benzene rings is 1. The molecule has 0 aliphatic rings. The molecule has 2 N–H and O–H groups in total. The molecule has 0 aliphatic carbocycles. The van der Waals surface area contributed by atoms with Crippen molar-refractivity contribution in [3.05, 3.63) is 45.3 Å². The summed E-state index contributed by atoms with van der Waals surface area (Å²) in [6.07, 6.45) is 1.95. The lowest BCUT2D eigenvalue weighted by Crippen LogP contribution is -2.19. The van der Waals surface area contributed by atoms with E-state index in [9.17, 15) is 9.59 Å². The fourth-order valence-electron chi connectivity index (χ4n) is 2.53. The molecule has 0 radical (unpaired) electrons. The van der Waals surface area contributed by atoms with Crippen molar-refractivity contribution in [2.75, 3.05) is 5.32 Å². The van der Waals surface area contributed by atoms with Crippen molar-refractivity contribution in [2.45, 2.75) is 32.6 Å². The second kappa shape index (κ2) is 6.88. The van der Waals surface area contributed by atoms with Gasteiger partial charge >= 0.3 is 0 Å². The van der Waals surface area contributed by atoms with E-state index in [1.807, 2.05) is 0 Å². The van der Waals surface area contributed by atoms with Crippen LogP contribution in [0.15, 0.2) is 29.1 Å². The Hall–Kier alpha value is -2.61. The van der Waals surface area contributed by atoms with Gasteiger partial charge in [0.25, 0.3) is 11.5 Å². The third-order valence-corrected chi connectivity index (χ3v) is 4.91. The van der Waals surface area contributed by atoms with Gasteiger partial charge in [-0.15, -0.1) is 10.2 Å². The molecule has 1 aromatic carbocycles. The summed E-state index contributed by atoms with van der Waals surface area (Å²) >= 11 is 1.37. The molecule has 0 atom stereocenters. The first-order chi connectivity index (χ1) is 11.6. The fourth-order valence-corrected chi connectivity index (χ4v) is 3.54. The lowest BCUT2D eigenvalue weighted by atomic mass is 10.1. The van der Waals surface area contributed by atoms with Crippen LogP contribution in [0.25, 0.3) is 10.8 Å². The minimum Gasteiger partial charge on any atom is -0.295 e. The highest BCUT2D eigenvalue weighted by molar-refractivity contribution is 7.15. The van der Waals surface area contributed by atoms with Crippen molar-refractivity contribution in [1.82, 2.24) is 20.4 Å². The van der Waals surface area contributed by atoms with Gasteiger partial charge in [0.15, 0.2) is 5.69 Å². The van der Waals surface area contributed by atoms with Crippen molar-refractivity contribution in [3.63, 3.8) is 0 Å². The zero-order chi connectivity index (χ0) is 17.1. The van der Waals surface area contributed by atoms with Crippen molar-refractivity contribution in [3.8, 4) is 0 Å². The van der Waals surface area contributed by atoms with Gasteiger partial charge in [0.2, 0.25) is 5.13 Å². The van der Waals surface area contributed by atoms with Crippen LogP contribution in [0.4, 0.5) is 5.13 Å². The summed E-state index contributed by atoms with van der Waals surface area (Å²) in [6, 6.07) is 6.85. The number of hydrogen-bond acceptors (Lipinski definition) is 6. The van der Waals surface area contributed by atoms with Crippen LogP contribution in [0.2, 0.25) is 0 Å².